The average molecular weight is 338 g/mol. The van der Waals surface area contributed by atoms with Crippen LogP contribution in [0, 0.1) is 17.2 Å². The van der Waals surface area contributed by atoms with Crippen molar-refractivity contribution in [1.82, 2.24) is 0 Å². The van der Waals surface area contributed by atoms with Crippen molar-refractivity contribution in [2.24, 2.45) is 5.92 Å². The van der Waals surface area contributed by atoms with E-state index in [4.69, 9.17) is 0 Å². The number of carbonyl (C=O) groups is 1. The van der Waals surface area contributed by atoms with Crippen LogP contribution in [-0.4, -0.2) is 5.91 Å². The van der Waals surface area contributed by atoms with Gasteiger partial charge in [-0.05, 0) is 49.1 Å². The summed E-state index contributed by atoms with van der Waals surface area (Å²) in [4.78, 5) is 13.5. The molecule has 124 valence electrons. The topological polar surface area (TPSA) is 52.9 Å². The van der Waals surface area contributed by atoms with Gasteiger partial charge in [0.1, 0.15) is 11.1 Å². The van der Waals surface area contributed by atoms with Gasteiger partial charge in [-0.1, -0.05) is 37.3 Å². The van der Waals surface area contributed by atoms with E-state index in [0.717, 1.165) is 37.1 Å². The molecule has 0 radical (unpaired) electrons. The van der Waals surface area contributed by atoms with Gasteiger partial charge in [-0.15, -0.1) is 11.3 Å². The van der Waals surface area contributed by atoms with Crippen LogP contribution in [0.2, 0.25) is 0 Å². The maximum Gasteiger partial charge on any atom is 0.225 e. The first-order chi connectivity index (χ1) is 11.7. The van der Waals surface area contributed by atoms with Crippen molar-refractivity contribution in [3.8, 4) is 6.07 Å². The Morgan fingerprint density at radius 3 is 2.92 bits per heavy atom. The summed E-state index contributed by atoms with van der Waals surface area (Å²) in [5.74, 6) is 0.672. The van der Waals surface area contributed by atoms with Crippen LogP contribution in [0.4, 0.5) is 5.00 Å². The lowest BCUT2D eigenvalue weighted by molar-refractivity contribution is -0.116. The lowest BCUT2D eigenvalue weighted by Crippen LogP contribution is -2.12. The van der Waals surface area contributed by atoms with Gasteiger partial charge in [0.25, 0.3) is 0 Å². The summed E-state index contributed by atoms with van der Waals surface area (Å²) in [6, 6.07) is 12.5. The Balaban J connectivity index is 1.59. The predicted molar refractivity (Wildman–Crippen MR) is 98.2 cm³/mol. The highest BCUT2D eigenvalue weighted by Gasteiger charge is 2.24. The molecule has 1 aromatic heterocycles. The highest BCUT2D eigenvalue weighted by Crippen LogP contribution is 2.39. The Labute approximate surface area is 147 Å². The van der Waals surface area contributed by atoms with E-state index in [0.29, 0.717) is 17.9 Å². The molecule has 1 N–H and O–H groups in total. The zero-order chi connectivity index (χ0) is 16.9. The molecule has 1 amide bonds. The third-order valence-corrected chi connectivity index (χ3v) is 5.76. The van der Waals surface area contributed by atoms with Crippen LogP contribution in [-0.2, 0) is 24.1 Å². The monoisotopic (exact) mass is 338 g/mol. The van der Waals surface area contributed by atoms with E-state index in [-0.39, 0.29) is 5.91 Å². The van der Waals surface area contributed by atoms with Crippen molar-refractivity contribution in [2.45, 2.75) is 45.4 Å². The van der Waals surface area contributed by atoms with Crippen molar-refractivity contribution in [2.75, 3.05) is 5.32 Å². The van der Waals surface area contributed by atoms with Crippen LogP contribution in [0.3, 0.4) is 0 Å². The summed E-state index contributed by atoms with van der Waals surface area (Å²) in [5.41, 5.74) is 3.11. The Morgan fingerprint density at radius 2 is 2.17 bits per heavy atom. The first-order valence-electron chi connectivity index (χ1n) is 8.55. The van der Waals surface area contributed by atoms with E-state index >= 15 is 0 Å². The Hall–Kier alpha value is -2.12. The van der Waals surface area contributed by atoms with E-state index in [1.807, 2.05) is 18.2 Å². The quantitative estimate of drug-likeness (QED) is 0.858. The van der Waals surface area contributed by atoms with E-state index in [9.17, 15) is 10.1 Å². The fraction of sp³-hybridized carbons (Fsp3) is 0.400. The summed E-state index contributed by atoms with van der Waals surface area (Å²) in [6.45, 7) is 2.25. The third-order valence-electron chi connectivity index (χ3n) is 4.59. The van der Waals surface area contributed by atoms with Crippen molar-refractivity contribution >= 4 is 22.2 Å². The molecule has 0 saturated carbocycles. The molecule has 0 saturated heterocycles. The molecule has 3 nitrogen and oxygen atoms in total. The smallest absolute Gasteiger partial charge is 0.225 e. The molecule has 24 heavy (non-hydrogen) atoms. The van der Waals surface area contributed by atoms with Gasteiger partial charge in [0.2, 0.25) is 5.91 Å². The molecule has 0 spiro atoms. The van der Waals surface area contributed by atoms with Crippen molar-refractivity contribution in [3.63, 3.8) is 0 Å². The minimum absolute atomic E-state index is 0.00840. The van der Waals surface area contributed by atoms with Gasteiger partial charge in [-0.2, -0.15) is 5.26 Å². The van der Waals surface area contributed by atoms with E-state index in [1.54, 1.807) is 11.3 Å². The van der Waals surface area contributed by atoms with Gasteiger partial charge < -0.3 is 5.32 Å². The Kier molecular flexibility index (Phi) is 5.32. The second-order valence-corrected chi connectivity index (χ2v) is 7.66. The lowest BCUT2D eigenvalue weighted by Gasteiger charge is -2.17. The second-order valence-electron chi connectivity index (χ2n) is 6.56. The number of benzene rings is 1. The van der Waals surface area contributed by atoms with E-state index < -0.39 is 0 Å². The molecule has 1 atom stereocenters. The highest BCUT2D eigenvalue weighted by molar-refractivity contribution is 7.16. The van der Waals surface area contributed by atoms with E-state index in [2.05, 4.69) is 30.4 Å². The number of nitrogens with one attached hydrogen (secondary N) is 1. The van der Waals surface area contributed by atoms with Gasteiger partial charge in [0.05, 0.1) is 5.56 Å². The maximum absolute atomic E-state index is 12.2. The van der Waals surface area contributed by atoms with Gasteiger partial charge in [-0.3, -0.25) is 4.79 Å². The van der Waals surface area contributed by atoms with Crippen LogP contribution < -0.4 is 5.32 Å². The molecule has 0 unspecified atom stereocenters. The molecule has 0 aliphatic heterocycles. The molecule has 1 heterocycles. The van der Waals surface area contributed by atoms with Crippen molar-refractivity contribution < 1.29 is 4.79 Å². The largest absolute Gasteiger partial charge is 0.317 e. The number of thiophene rings is 1. The summed E-state index contributed by atoms with van der Waals surface area (Å²) in [5, 5.41) is 13.2. The van der Waals surface area contributed by atoms with Gasteiger partial charge >= 0.3 is 0 Å². The zero-order valence-corrected chi connectivity index (χ0v) is 14.8. The van der Waals surface area contributed by atoms with Crippen molar-refractivity contribution in [1.29, 1.82) is 5.26 Å². The first-order valence-corrected chi connectivity index (χ1v) is 9.37. The predicted octanol–water partition coefficient (Wildman–Crippen LogP) is 4.71. The number of amides is 1. The molecule has 0 bridgehead atoms. The molecule has 1 aromatic carbocycles. The molecule has 4 heteroatoms. The normalized spacial score (nSPS) is 16.2. The molecule has 1 aliphatic rings. The Bertz CT molecular complexity index is 758. The number of fused-ring (bicyclic) bond motifs is 1. The number of carbonyl (C=O) groups excluding carboxylic acids is 1. The van der Waals surface area contributed by atoms with E-state index in [1.165, 1.54) is 16.0 Å². The average Bonchev–Trinajstić information content (AvgIpc) is 2.91. The number of nitriles is 1. The summed E-state index contributed by atoms with van der Waals surface area (Å²) >= 11 is 1.59. The van der Waals surface area contributed by atoms with Crippen molar-refractivity contribution in [3.05, 3.63) is 51.9 Å². The van der Waals surface area contributed by atoms with Crippen LogP contribution in [0.1, 0.15) is 47.8 Å². The van der Waals surface area contributed by atoms with Crippen LogP contribution in [0.25, 0.3) is 0 Å². The molecular formula is C20H22N2OS. The summed E-state index contributed by atoms with van der Waals surface area (Å²) in [7, 11) is 0. The van der Waals surface area contributed by atoms with Crippen LogP contribution >= 0.6 is 11.3 Å². The molecule has 0 fully saturated rings. The number of hydrogen-bond donors (Lipinski definition) is 1. The van der Waals surface area contributed by atoms with Gasteiger partial charge in [0, 0.05) is 11.3 Å². The maximum atomic E-state index is 12.2. The minimum Gasteiger partial charge on any atom is -0.317 e. The SMILES string of the molecule is C[C@@H]1CCc2c(sc(NC(=O)CCCc3ccccc3)c2C#N)C1. The number of aryl methyl sites for hydroxylation is 1. The van der Waals surface area contributed by atoms with Gasteiger partial charge in [0.15, 0.2) is 0 Å². The summed E-state index contributed by atoms with van der Waals surface area (Å²) < 4.78 is 0. The summed E-state index contributed by atoms with van der Waals surface area (Å²) in [6.07, 6.45) is 5.32. The number of rotatable bonds is 5. The zero-order valence-electron chi connectivity index (χ0n) is 14.0. The number of hydrogen-bond acceptors (Lipinski definition) is 3. The van der Waals surface area contributed by atoms with Gasteiger partial charge in [-0.25, -0.2) is 0 Å². The fourth-order valence-corrected chi connectivity index (χ4v) is 4.62. The second kappa shape index (κ2) is 7.63. The van der Waals surface area contributed by atoms with Crippen LogP contribution in [0.15, 0.2) is 30.3 Å². The first kappa shape index (κ1) is 16.7. The molecule has 1 aliphatic carbocycles. The Morgan fingerprint density at radius 1 is 1.38 bits per heavy atom. The lowest BCUT2D eigenvalue weighted by atomic mass is 9.88. The number of nitrogens with zero attached hydrogens (tertiary/aromatic N) is 1. The molecular weight excluding hydrogens is 316 g/mol. The highest BCUT2D eigenvalue weighted by atomic mass is 32.1. The minimum atomic E-state index is 0.00840. The van der Waals surface area contributed by atoms with Crippen LogP contribution in [0.5, 0.6) is 0 Å². The standard InChI is InChI=1S/C20H22N2OS/c1-14-10-11-16-17(13-21)20(24-18(16)12-14)22-19(23)9-5-8-15-6-3-2-4-7-15/h2-4,6-7,14H,5,8-12H2,1H3,(H,22,23)/t14-/m1/s1. The molecule has 2 aromatic rings. The number of anilines is 1. The third kappa shape index (κ3) is 3.85. The molecule has 3 rings (SSSR count). The fourth-order valence-electron chi connectivity index (χ4n) is 3.24.